The Hall–Kier alpha value is -1.34. The molecule has 0 heterocycles. The van der Waals surface area contributed by atoms with Crippen LogP contribution in [0.15, 0.2) is 49.6 Å². The number of benzene rings is 1. The predicted octanol–water partition coefficient (Wildman–Crippen LogP) is 5.47. The van der Waals surface area contributed by atoms with Crippen LogP contribution in [0.3, 0.4) is 0 Å². The molecular formula is C21H33N. The molecule has 1 heteroatoms. The molecule has 0 radical (unpaired) electrons. The average molecular weight is 300 g/mol. The second kappa shape index (κ2) is 7.28. The van der Waals surface area contributed by atoms with Crippen LogP contribution in [0.1, 0.15) is 58.1 Å². The van der Waals surface area contributed by atoms with Gasteiger partial charge in [0.25, 0.3) is 0 Å². The Morgan fingerprint density at radius 3 is 2.14 bits per heavy atom. The van der Waals surface area contributed by atoms with Gasteiger partial charge in [-0.3, -0.25) is 0 Å². The van der Waals surface area contributed by atoms with Crippen molar-refractivity contribution >= 4 is 0 Å². The van der Waals surface area contributed by atoms with Gasteiger partial charge in [0.05, 0.1) is 0 Å². The fraction of sp³-hybridized carbons (Fsp3) is 0.524. The van der Waals surface area contributed by atoms with Crippen molar-refractivity contribution in [2.45, 2.75) is 59.4 Å². The molecule has 0 aromatic heterocycles. The zero-order chi connectivity index (χ0) is 17.0. The summed E-state index contributed by atoms with van der Waals surface area (Å²) in [6.45, 7) is 19.4. The molecule has 1 aromatic carbocycles. The summed E-state index contributed by atoms with van der Waals surface area (Å²) in [6.07, 6.45) is 5.99. The molecule has 1 nitrogen and oxygen atoms in total. The highest BCUT2D eigenvalue weighted by Gasteiger charge is 2.27. The fourth-order valence-electron chi connectivity index (χ4n) is 3.67. The topological polar surface area (TPSA) is 26.0 Å². The summed E-state index contributed by atoms with van der Waals surface area (Å²) < 4.78 is 0. The molecule has 2 unspecified atom stereocenters. The Labute approximate surface area is 137 Å². The summed E-state index contributed by atoms with van der Waals surface area (Å²) >= 11 is 0. The molecule has 122 valence electrons. The summed E-state index contributed by atoms with van der Waals surface area (Å²) in [6, 6.07) is 8.52. The van der Waals surface area contributed by atoms with Crippen LogP contribution in [0.5, 0.6) is 0 Å². The van der Waals surface area contributed by atoms with Gasteiger partial charge in [0.1, 0.15) is 0 Å². The van der Waals surface area contributed by atoms with E-state index in [2.05, 4.69) is 72.0 Å². The minimum atomic E-state index is -0.0932. The summed E-state index contributed by atoms with van der Waals surface area (Å²) in [7, 11) is 0. The minimum absolute atomic E-state index is 0.0932. The monoisotopic (exact) mass is 299 g/mol. The molecule has 1 rings (SSSR count). The average Bonchev–Trinajstić information content (AvgIpc) is 2.38. The zero-order valence-electron chi connectivity index (χ0n) is 15.0. The molecular weight excluding hydrogens is 266 g/mol. The van der Waals surface area contributed by atoms with Gasteiger partial charge in [-0.05, 0) is 34.8 Å². The highest BCUT2D eigenvalue weighted by atomic mass is 14.6. The molecule has 0 spiro atoms. The maximum absolute atomic E-state index is 6.20. The molecule has 0 fully saturated rings. The van der Waals surface area contributed by atoms with Crippen LogP contribution in [-0.4, -0.2) is 6.04 Å². The van der Waals surface area contributed by atoms with Crippen LogP contribution in [0.2, 0.25) is 0 Å². The van der Waals surface area contributed by atoms with E-state index in [0.29, 0.717) is 5.41 Å². The molecule has 0 saturated heterocycles. The van der Waals surface area contributed by atoms with E-state index in [4.69, 9.17) is 5.73 Å². The van der Waals surface area contributed by atoms with Crippen molar-refractivity contribution in [3.05, 3.63) is 60.7 Å². The molecule has 2 N–H and O–H groups in total. The molecule has 0 aliphatic carbocycles. The van der Waals surface area contributed by atoms with Gasteiger partial charge in [-0.15, -0.1) is 13.2 Å². The van der Waals surface area contributed by atoms with Gasteiger partial charge in [0.15, 0.2) is 0 Å². The molecule has 0 aliphatic rings. The Balaban J connectivity index is 3.11. The van der Waals surface area contributed by atoms with Gasteiger partial charge in [-0.2, -0.15) is 0 Å². The van der Waals surface area contributed by atoms with Crippen molar-refractivity contribution in [3.63, 3.8) is 0 Å². The molecule has 2 atom stereocenters. The second-order valence-corrected chi connectivity index (χ2v) is 8.35. The van der Waals surface area contributed by atoms with Crippen molar-refractivity contribution in [1.29, 1.82) is 0 Å². The molecule has 0 amide bonds. The third-order valence-corrected chi connectivity index (χ3v) is 4.03. The predicted molar refractivity (Wildman–Crippen MR) is 99.1 cm³/mol. The van der Waals surface area contributed by atoms with Gasteiger partial charge >= 0.3 is 0 Å². The van der Waals surface area contributed by atoms with Crippen LogP contribution in [0.4, 0.5) is 0 Å². The molecule has 0 saturated carbocycles. The third-order valence-electron chi connectivity index (χ3n) is 4.03. The van der Waals surface area contributed by atoms with E-state index >= 15 is 0 Å². The molecule has 0 aliphatic heterocycles. The maximum Gasteiger partial charge on any atom is 0.0326 e. The SMILES string of the molecule is C=CC(N)C(C=C)c1ccccc1CC(C)(C)CC(C)(C)C. The minimum Gasteiger partial charge on any atom is -0.324 e. The van der Waals surface area contributed by atoms with E-state index in [1.165, 1.54) is 17.5 Å². The van der Waals surface area contributed by atoms with Crippen molar-refractivity contribution in [2.75, 3.05) is 0 Å². The Bertz CT molecular complexity index is 505. The summed E-state index contributed by atoms with van der Waals surface area (Å²) in [5, 5.41) is 0. The second-order valence-electron chi connectivity index (χ2n) is 8.35. The van der Waals surface area contributed by atoms with E-state index in [9.17, 15) is 0 Å². The van der Waals surface area contributed by atoms with Crippen LogP contribution in [0, 0.1) is 10.8 Å². The van der Waals surface area contributed by atoms with Crippen LogP contribution in [-0.2, 0) is 6.42 Å². The Morgan fingerprint density at radius 1 is 1.05 bits per heavy atom. The van der Waals surface area contributed by atoms with Crippen LogP contribution in [0.25, 0.3) is 0 Å². The van der Waals surface area contributed by atoms with Crippen molar-refractivity contribution in [3.8, 4) is 0 Å². The quantitative estimate of drug-likeness (QED) is 0.663. The number of rotatable bonds is 7. The lowest BCUT2D eigenvalue weighted by molar-refractivity contribution is 0.211. The largest absolute Gasteiger partial charge is 0.324 e. The summed E-state index contributed by atoms with van der Waals surface area (Å²) in [5.41, 5.74) is 9.44. The third kappa shape index (κ3) is 5.46. The number of hydrogen-bond donors (Lipinski definition) is 1. The normalized spacial score (nSPS) is 15.2. The van der Waals surface area contributed by atoms with Crippen molar-refractivity contribution in [2.24, 2.45) is 16.6 Å². The first-order chi connectivity index (χ1) is 10.1. The number of hydrogen-bond acceptors (Lipinski definition) is 1. The van der Waals surface area contributed by atoms with E-state index in [1.54, 1.807) is 0 Å². The number of nitrogens with two attached hydrogens (primary N) is 1. The Kier molecular flexibility index (Phi) is 6.19. The van der Waals surface area contributed by atoms with Crippen molar-refractivity contribution in [1.82, 2.24) is 0 Å². The lowest BCUT2D eigenvalue weighted by atomic mass is 9.72. The summed E-state index contributed by atoms with van der Waals surface area (Å²) in [5.74, 6) is 0.124. The Morgan fingerprint density at radius 2 is 1.64 bits per heavy atom. The fourth-order valence-corrected chi connectivity index (χ4v) is 3.67. The first-order valence-corrected chi connectivity index (χ1v) is 8.18. The first-order valence-electron chi connectivity index (χ1n) is 8.18. The van der Waals surface area contributed by atoms with Gasteiger partial charge in [0, 0.05) is 12.0 Å². The maximum atomic E-state index is 6.20. The van der Waals surface area contributed by atoms with Crippen molar-refractivity contribution < 1.29 is 0 Å². The highest BCUT2D eigenvalue weighted by Crippen LogP contribution is 2.37. The highest BCUT2D eigenvalue weighted by molar-refractivity contribution is 5.36. The van der Waals surface area contributed by atoms with Gasteiger partial charge in [0.2, 0.25) is 0 Å². The van der Waals surface area contributed by atoms with Gasteiger partial charge < -0.3 is 5.73 Å². The van der Waals surface area contributed by atoms with E-state index < -0.39 is 0 Å². The molecule has 1 aromatic rings. The standard InChI is InChI=1S/C21H33N/c1-8-17(19(22)9-2)18-13-11-10-12-16(18)14-21(6,7)15-20(3,4)5/h8-13,17,19H,1-2,14-15,22H2,3-7H3. The van der Waals surface area contributed by atoms with E-state index in [0.717, 1.165) is 6.42 Å². The first kappa shape index (κ1) is 18.7. The molecule has 0 bridgehead atoms. The molecule has 22 heavy (non-hydrogen) atoms. The van der Waals surface area contributed by atoms with E-state index in [-0.39, 0.29) is 17.4 Å². The smallest absolute Gasteiger partial charge is 0.0326 e. The lowest BCUT2D eigenvalue weighted by Crippen LogP contribution is -2.27. The van der Waals surface area contributed by atoms with Crippen LogP contribution < -0.4 is 5.73 Å². The lowest BCUT2D eigenvalue weighted by Gasteiger charge is -2.34. The van der Waals surface area contributed by atoms with E-state index in [1.807, 2.05) is 12.2 Å². The van der Waals surface area contributed by atoms with Gasteiger partial charge in [-0.25, -0.2) is 0 Å². The zero-order valence-corrected chi connectivity index (χ0v) is 15.0. The van der Waals surface area contributed by atoms with Crippen LogP contribution >= 0.6 is 0 Å². The summed E-state index contributed by atoms with van der Waals surface area (Å²) in [4.78, 5) is 0. The van der Waals surface area contributed by atoms with Gasteiger partial charge in [-0.1, -0.05) is 71.0 Å².